The fourth-order valence-electron chi connectivity index (χ4n) is 3.04. The Morgan fingerprint density at radius 3 is 2.54 bits per heavy atom. The summed E-state index contributed by atoms with van der Waals surface area (Å²) in [5.41, 5.74) is 1.08. The average molecular weight is 394 g/mol. The highest BCUT2D eigenvalue weighted by Gasteiger charge is 2.41. The normalized spacial score (nSPS) is 14.0. The minimum atomic E-state index is -0.526. The number of rotatable bonds is 5. The number of amides is 2. The monoisotopic (exact) mass is 394 g/mol. The van der Waals surface area contributed by atoms with Crippen LogP contribution in [-0.4, -0.2) is 18.9 Å². The number of nitrogens with zero attached hydrogens (tertiary/aromatic N) is 1. The molecule has 2 heterocycles. The highest BCUT2D eigenvalue weighted by atomic mass is 32.1. The van der Waals surface area contributed by atoms with Crippen LogP contribution in [0, 0.1) is 5.82 Å². The van der Waals surface area contributed by atoms with Crippen LogP contribution in [0.3, 0.4) is 0 Å². The fraction of sp³-hybridized carbons (Fsp3) is 0.0476. The maximum Gasteiger partial charge on any atom is 0.282 e. The predicted molar refractivity (Wildman–Crippen MR) is 107 cm³/mol. The second-order valence-corrected chi connectivity index (χ2v) is 6.93. The van der Waals surface area contributed by atoms with Gasteiger partial charge in [-0.15, -0.1) is 11.3 Å². The number of carbonyl (C=O) groups is 2. The highest BCUT2D eigenvalue weighted by molar-refractivity contribution is 7.11. The van der Waals surface area contributed by atoms with Crippen LogP contribution in [0.5, 0.6) is 5.75 Å². The highest BCUT2D eigenvalue weighted by Crippen LogP contribution is 2.38. The van der Waals surface area contributed by atoms with Gasteiger partial charge >= 0.3 is 0 Å². The van der Waals surface area contributed by atoms with Gasteiger partial charge in [0.15, 0.2) is 0 Å². The lowest BCUT2D eigenvalue weighted by Gasteiger charge is -2.18. The van der Waals surface area contributed by atoms with Crippen LogP contribution in [0.15, 0.2) is 71.7 Å². The van der Waals surface area contributed by atoms with Crippen LogP contribution in [-0.2, 0) is 9.59 Å². The first kappa shape index (κ1) is 17.9. The van der Waals surface area contributed by atoms with Crippen molar-refractivity contribution < 1.29 is 18.7 Å². The molecule has 0 saturated heterocycles. The molecular weight excluding hydrogens is 379 g/mol. The summed E-state index contributed by atoms with van der Waals surface area (Å²) < 4.78 is 18.9. The summed E-state index contributed by atoms with van der Waals surface area (Å²) in [6.07, 6.45) is 0. The first-order valence-electron chi connectivity index (χ1n) is 8.42. The van der Waals surface area contributed by atoms with E-state index in [1.807, 2.05) is 5.38 Å². The second kappa shape index (κ2) is 7.28. The van der Waals surface area contributed by atoms with Crippen molar-refractivity contribution in [3.05, 3.63) is 82.4 Å². The molecule has 0 bridgehead atoms. The van der Waals surface area contributed by atoms with E-state index < -0.39 is 17.6 Å². The van der Waals surface area contributed by atoms with Crippen LogP contribution in [0.2, 0.25) is 0 Å². The third-order valence-corrected chi connectivity index (χ3v) is 5.16. The lowest BCUT2D eigenvalue weighted by atomic mass is 10.2. The standard InChI is InChI=1S/C21H15FN2O3S/c1-27-16-9-3-2-8-15(16)24-20(25)18(17-10-5-11-28-17)19(21(24)26)23-14-7-4-6-13(22)12-14/h2-12,23H,1H3. The number of imide groups is 1. The summed E-state index contributed by atoms with van der Waals surface area (Å²) in [4.78, 5) is 28.2. The molecule has 1 aliphatic rings. The summed E-state index contributed by atoms with van der Waals surface area (Å²) in [5, 5.41) is 4.76. The number of halogens is 1. The molecule has 1 aromatic heterocycles. The van der Waals surface area contributed by atoms with Crippen molar-refractivity contribution in [1.82, 2.24) is 0 Å². The van der Waals surface area contributed by atoms with E-state index in [1.54, 1.807) is 42.5 Å². The molecule has 0 saturated carbocycles. The Kier molecular flexibility index (Phi) is 4.67. The molecule has 0 radical (unpaired) electrons. The van der Waals surface area contributed by atoms with E-state index in [2.05, 4.69) is 5.32 Å². The third kappa shape index (κ3) is 3.05. The first-order chi connectivity index (χ1) is 13.6. The minimum Gasteiger partial charge on any atom is -0.495 e. The van der Waals surface area contributed by atoms with Gasteiger partial charge in [-0.25, -0.2) is 9.29 Å². The number of anilines is 2. The maximum absolute atomic E-state index is 13.6. The zero-order valence-corrected chi connectivity index (χ0v) is 15.6. The lowest BCUT2D eigenvalue weighted by molar-refractivity contribution is -0.120. The molecule has 3 aromatic rings. The van der Waals surface area contributed by atoms with Crippen molar-refractivity contribution in [2.75, 3.05) is 17.3 Å². The Balaban J connectivity index is 1.82. The number of thiophene rings is 1. The third-order valence-electron chi connectivity index (χ3n) is 4.27. The van der Waals surface area contributed by atoms with Gasteiger partial charge in [-0.05, 0) is 41.8 Å². The molecule has 0 spiro atoms. The molecule has 0 aliphatic carbocycles. The van der Waals surface area contributed by atoms with Crippen LogP contribution < -0.4 is 15.0 Å². The largest absolute Gasteiger partial charge is 0.495 e. The first-order valence-corrected chi connectivity index (χ1v) is 9.30. The molecule has 0 atom stereocenters. The van der Waals surface area contributed by atoms with Gasteiger partial charge in [-0.3, -0.25) is 9.59 Å². The van der Waals surface area contributed by atoms with E-state index in [9.17, 15) is 14.0 Å². The Hall–Kier alpha value is -3.45. The minimum absolute atomic E-state index is 0.101. The van der Waals surface area contributed by atoms with Crippen molar-refractivity contribution in [3.8, 4) is 5.75 Å². The molecule has 1 aliphatic heterocycles. The SMILES string of the molecule is COc1ccccc1N1C(=O)C(Nc2cccc(F)c2)=C(c2cccs2)C1=O. The van der Waals surface area contributed by atoms with Crippen LogP contribution in [0.25, 0.3) is 5.57 Å². The average Bonchev–Trinajstić information content (AvgIpc) is 3.29. The number of ether oxygens (including phenoxy) is 1. The van der Waals surface area contributed by atoms with E-state index in [0.717, 1.165) is 4.90 Å². The summed E-state index contributed by atoms with van der Waals surface area (Å²) in [6, 6.07) is 16.1. The van der Waals surface area contributed by atoms with Gasteiger partial charge in [0.2, 0.25) is 0 Å². The number of para-hydroxylation sites is 2. The van der Waals surface area contributed by atoms with Crippen molar-refractivity contribution in [2.24, 2.45) is 0 Å². The van der Waals surface area contributed by atoms with E-state index in [0.29, 0.717) is 22.0 Å². The number of carbonyl (C=O) groups excluding carboxylic acids is 2. The van der Waals surface area contributed by atoms with Crippen molar-refractivity contribution >= 4 is 40.1 Å². The van der Waals surface area contributed by atoms with Gasteiger partial charge in [0, 0.05) is 10.6 Å². The predicted octanol–water partition coefficient (Wildman–Crippen LogP) is 4.29. The summed E-state index contributed by atoms with van der Waals surface area (Å²) in [7, 11) is 1.48. The Morgan fingerprint density at radius 1 is 1.00 bits per heavy atom. The van der Waals surface area contributed by atoms with Gasteiger partial charge in [-0.2, -0.15) is 0 Å². The van der Waals surface area contributed by atoms with Gasteiger partial charge in [0.05, 0.1) is 18.4 Å². The Bertz CT molecular complexity index is 1090. The molecule has 4 rings (SSSR count). The van der Waals surface area contributed by atoms with Crippen molar-refractivity contribution in [3.63, 3.8) is 0 Å². The number of hydrogen-bond acceptors (Lipinski definition) is 5. The van der Waals surface area contributed by atoms with Crippen LogP contribution in [0.1, 0.15) is 4.88 Å². The Labute approximate surface area is 164 Å². The lowest BCUT2D eigenvalue weighted by Crippen LogP contribution is -2.32. The molecular formula is C21H15FN2O3S. The number of methoxy groups -OCH3 is 1. The zero-order chi connectivity index (χ0) is 19.7. The number of benzene rings is 2. The quantitative estimate of drug-likeness (QED) is 0.656. The molecule has 1 N–H and O–H groups in total. The number of hydrogen-bond donors (Lipinski definition) is 1. The molecule has 0 unspecified atom stereocenters. The summed E-state index contributed by atoms with van der Waals surface area (Å²) in [6.45, 7) is 0. The van der Waals surface area contributed by atoms with Crippen molar-refractivity contribution in [2.45, 2.75) is 0 Å². The van der Waals surface area contributed by atoms with Gasteiger partial charge in [0.1, 0.15) is 17.3 Å². The number of nitrogens with one attached hydrogen (secondary N) is 1. The van der Waals surface area contributed by atoms with Gasteiger partial charge in [-0.1, -0.05) is 24.3 Å². The second-order valence-electron chi connectivity index (χ2n) is 5.98. The smallest absolute Gasteiger partial charge is 0.282 e. The van der Waals surface area contributed by atoms with Crippen LogP contribution >= 0.6 is 11.3 Å². The van der Waals surface area contributed by atoms with Crippen LogP contribution in [0.4, 0.5) is 15.8 Å². The van der Waals surface area contributed by atoms with Gasteiger partial charge < -0.3 is 10.1 Å². The molecule has 28 heavy (non-hydrogen) atoms. The van der Waals surface area contributed by atoms with E-state index >= 15 is 0 Å². The van der Waals surface area contributed by atoms with E-state index in [1.165, 1.54) is 36.6 Å². The molecule has 5 nitrogen and oxygen atoms in total. The maximum atomic E-state index is 13.6. The topological polar surface area (TPSA) is 58.6 Å². The molecule has 140 valence electrons. The molecule has 7 heteroatoms. The Morgan fingerprint density at radius 2 is 1.82 bits per heavy atom. The summed E-state index contributed by atoms with van der Waals surface area (Å²) in [5.74, 6) is -1.03. The van der Waals surface area contributed by atoms with E-state index in [4.69, 9.17) is 4.74 Å². The fourth-order valence-corrected chi connectivity index (χ4v) is 3.81. The molecule has 2 amide bonds. The van der Waals surface area contributed by atoms with Gasteiger partial charge in [0.25, 0.3) is 11.8 Å². The molecule has 0 fully saturated rings. The van der Waals surface area contributed by atoms with Crippen molar-refractivity contribution in [1.29, 1.82) is 0 Å². The molecule has 2 aromatic carbocycles. The zero-order valence-electron chi connectivity index (χ0n) is 14.8. The summed E-state index contributed by atoms with van der Waals surface area (Å²) >= 11 is 1.35. The van der Waals surface area contributed by atoms with E-state index in [-0.39, 0.29) is 11.3 Å².